The number of hydrogen-bond donors (Lipinski definition) is 1. The molecule has 0 radical (unpaired) electrons. The zero-order valence-corrected chi connectivity index (χ0v) is 19.3. The molecule has 2 nitrogen and oxygen atoms in total. The van der Waals surface area contributed by atoms with E-state index in [2.05, 4.69) is 48.8 Å². The molecule has 1 unspecified atom stereocenters. The van der Waals surface area contributed by atoms with E-state index in [9.17, 15) is 26.3 Å². The van der Waals surface area contributed by atoms with Crippen LogP contribution in [-0.4, -0.2) is 30.1 Å². The maximum absolute atomic E-state index is 13.0. The Kier molecular flexibility index (Phi) is 7.43. The Morgan fingerprint density at radius 1 is 1.06 bits per heavy atom. The molecule has 0 fully saturated rings. The van der Waals surface area contributed by atoms with E-state index >= 15 is 0 Å². The van der Waals surface area contributed by atoms with Gasteiger partial charge in [-0.3, -0.25) is 4.90 Å². The van der Waals surface area contributed by atoms with Gasteiger partial charge in [-0.25, -0.2) is 0 Å². The summed E-state index contributed by atoms with van der Waals surface area (Å²) < 4.78 is 77.8. The predicted octanol–water partition coefficient (Wildman–Crippen LogP) is 7.76. The number of rotatable bonds is 7. The Labute approximate surface area is 194 Å². The van der Waals surface area contributed by atoms with E-state index in [1.165, 1.54) is 22.6 Å². The van der Waals surface area contributed by atoms with Crippen LogP contribution in [0.25, 0.3) is 0 Å². The molecule has 2 aromatic carbocycles. The van der Waals surface area contributed by atoms with Gasteiger partial charge in [0.1, 0.15) is 0 Å². The van der Waals surface area contributed by atoms with Crippen molar-refractivity contribution in [3.05, 3.63) is 71.4 Å². The molecule has 180 valence electrons. The lowest BCUT2D eigenvalue weighted by Gasteiger charge is -2.25. The van der Waals surface area contributed by atoms with Gasteiger partial charge < -0.3 is 5.32 Å². The number of alkyl halides is 6. The van der Waals surface area contributed by atoms with Crippen LogP contribution in [-0.2, 0) is 6.54 Å². The van der Waals surface area contributed by atoms with E-state index < -0.39 is 23.8 Å². The zero-order valence-electron chi connectivity index (χ0n) is 18.5. The van der Waals surface area contributed by atoms with E-state index in [1.807, 2.05) is 7.05 Å². The largest absolute Gasteiger partial charge is 0.404 e. The molecule has 0 aliphatic carbocycles. The number of halogens is 6. The number of fused-ring (bicyclic) bond motifs is 1. The first-order valence-corrected chi connectivity index (χ1v) is 11.4. The molecule has 33 heavy (non-hydrogen) atoms. The summed E-state index contributed by atoms with van der Waals surface area (Å²) in [6.07, 6.45) is -10.8. The molecule has 1 atom stereocenters. The van der Waals surface area contributed by atoms with Crippen LogP contribution in [0.1, 0.15) is 42.5 Å². The maximum Gasteiger partial charge on any atom is 0.404 e. The minimum absolute atomic E-state index is 0.165. The molecule has 1 heterocycles. The third kappa shape index (κ3) is 6.06. The molecular formula is C24H26F6N2S. The second kappa shape index (κ2) is 9.62. The Hall–Kier alpha value is -2.13. The lowest BCUT2D eigenvalue weighted by atomic mass is 9.97. The number of thioether (sulfide) groups is 1. The molecule has 9 heteroatoms. The van der Waals surface area contributed by atoms with Crippen LogP contribution >= 0.6 is 11.8 Å². The van der Waals surface area contributed by atoms with Crippen LogP contribution in [0.4, 0.5) is 32.0 Å². The Bertz CT molecular complexity index is 968. The molecule has 0 bridgehead atoms. The number of anilines is 1. The van der Waals surface area contributed by atoms with Crippen molar-refractivity contribution in [2.24, 2.45) is 5.92 Å². The summed E-state index contributed by atoms with van der Waals surface area (Å²) >= 11 is 1.80. The van der Waals surface area contributed by atoms with Crippen molar-refractivity contribution in [1.82, 2.24) is 4.90 Å². The van der Waals surface area contributed by atoms with Gasteiger partial charge in [0.25, 0.3) is 0 Å². The van der Waals surface area contributed by atoms with Gasteiger partial charge in [0.15, 0.2) is 5.92 Å². The minimum Gasteiger partial charge on any atom is -0.358 e. The third-order valence-electron chi connectivity index (χ3n) is 5.39. The van der Waals surface area contributed by atoms with E-state index in [4.69, 9.17) is 0 Å². The standard InChI is InChI=1S/C24H26F6N2S/c1-14(2)13-33-19-9-10-20-17(11-19)12-32(4)21(20)15(3)31-18-7-5-16(6-8-18)22(23(25,26)27)24(28,29)30/h5-11,14,21-22,31H,3,12-13H2,1-2,4H3. The molecular weight excluding hydrogens is 462 g/mol. The van der Waals surface area contributed by atoms with Gasteiger partial charge >= 0.3 is 12.4 Å². The van der Waals surface area contributed by atoms with Crippen LogP contribution in [0.3, 0.4) is 0 Å². The summed E-state index contributed by atoms with van der Waals surface area (Å²) in [5.74, 6) is -1.92. The Balaban J connectivity index is 1.75. The molecule has 0 saturated carbocycles. The van der Waals surface area contributed by atoms with E-state index in [0.717, 1.165) is 23.4 Å². The van der Waals surface area contributed by atoms with E-state index in [1.54, 1.807) is 11.8 Å². The fourth-order valence-electron chi connectivity index (χ4n) is 3.97. The molecule has 0 amide bonds. The van der Waals surface area contributed by atoms with Crippen LogP contribution < -0.4 is 5.32 Å². The van der Waals surface area contributed by atoms with Crippen molar-refractivity contribution in [1.29, 1.82) is 0 Å². The zero-order chi connectivity index (χ0) is 24.6. The quantitative estimate of drug-likeness (QED) is 0.317. The summed E-state index contributed by atoms with van der Waals surface area (Å²) in [5, 5.41) is 3.05. The van der Waals surface area contributed by atoms with Crippen molar-refractivity contribution in [2.45, 2.75) is 49.6 Å². The highest BCUT2D eigenvalue weighted by molar-refractivity contribution is 7.99. The normalized spacial score (nSPS) is 17.0. The molecule has 2 aromatic rings. The average Bonchev–Trinajstić information content (AvgIpc) is 3.00. The SMILES string of the molecule is C=C(Nc1ccc(C(C(F)(F)F)C(F)(F)F)cc1)C1c2ccc(SCC(C)C)cc2CN1C. The summed E-state index contributed by atoms with van der Waals surface area (Å²) in [5.41, 5.74) is 2.37. The Morgan fingerprint density at radius 3 is 2.21 bits per heavy atom. The lowest BCUT2D eigenvalue weighted by molar-refractivity contribution is -0.253. The van der Waals surface area contributed by atoms with Crippen LogP contribution in [0.15, 0.2) is 59.6 Å². The lowest BCUT2D eigenvalue weighted by Crippen LogP contribution is -2.34. The topological polar surface area (TPSA) is 15.3 Å². The van der Waals surface area contributed by atoms with Crippen molar-refractivity contribution in [2.75, 3.05) is 18.1 Å². The highest BCUT2D eigenvalue weighted by Crippen LogP contribution is 2.46. The highest BCUT2D eigenvalue weighted by Gasteiger charge is 2.57. The van der Waals surface area contributed by atoms with Crippen LogP contribution in [0, 0.1) is 5.92 Å². The fraction of sp³-hybridized carbons (Fsp3) is 0.417. The summed E-state index contributed by atoms with van der Waals surface area (Å²) in [7, 11) is 1.94. The minimum atomic E-state index is -5.42. The van der Waals surface area contributed by atoms with Gasteiger partial charge in [-0.2, -0.15) is 26.3 Å². The van der Waals surface area contributed by atoms with Crippen molar-refractivity contribution in [3.63, 3.8) is 0 Å². The van der Waals surface area contributed by atoms with Crippen molar-refractivity contribution in [3.8, 4) is 0 Å². The molecule has 0 spiro atoms. The maximum atomic E-state index is 13.0. The fourth-order valence-corrected chi connectivity index (χ4v) is 4.88. The van der Waals surface area contributed by atoms with E-state index in [-0.39, 0.29) is 6.04 Å². The molecule has 1 aliphatic rings. The Morgan fingerprint density at radius 2 is 1.67 bits per heavy atom. The van der Waals surface area contributed by atoms with Crippen molar-refractivity contribution >= 4 is 17.4 Å². The average molecular weight is 489 g/mol. The van der Waals surface area contributed by atoms with Crippen LogP contribution in [0.5, 0.6) is 0 Å². The smallest absolute Gasteiger partial charge is 0.358 e. The summed E-state index contributed by atoms with van der Waals surface area (Å²) in [6.45, 7) is 9.13. The third-order valence-corrected chi connectivity index (χ3v) is 6.81. The second-order valence-electron chi connectivity index (χ2n) is 8.67. The number of hydrogen-bond acceptors (Lipinski definition) is 3. The number of nitrogens with zero attached hydrogens (tertiary/aromatic N) is 1. The molecule has 0 aromatic heterocycles. The highest BCUT2D eigenvalue weighted by atomic mass is 32.2. The van der Waals surface area contributed by atoms with Gasteiger partial charge in [-0.05, 0) is 53.9 Å². The predicted molar refractivity (Wildman–Crippen MR) is 120 cm³/mol. The van der Waals surface area contributed by atoms with Gasteiger partial charge in [0, 0.05) is 28.6 Å². The van der Waals surface area contributed by atoms with Gasteiger partial charge in [0.05, 0.1) is 6.04 Å². The monoisotopic (exact) mass is 488 g/mol. The van der Waals surface area contributed by atoms with Gasteiger partial charge in [-0.15, -0.1) is 11.8 Å². The molecule has 0 saturated heterocycles. The first-order valence-electron chi connectivity index (χ1n) is 10.4. The van der Waals surface area contributed by atoms with Crippen molar-refractivity contribution < 1.29 is 26.3 Å². The first kappa shape index (κ1) is 25.5. The number of likely N-dealkylation sites (N-methyl/N-ethyl adjacent to an activating group) is 1. The summed E-state index contributed by atoms with van der Waals surface area (Å²) in [4.78, 5) is 3.28. The number of nitrogens with one attached hydrogen (secondary N) is 1. The second-order valence-corrected chi connectivity index (χ2v) is 9.77. The molecule has 1 aliphatic heterocycles. The first-order chi connectivity index (χ1) is 15.3. The van der Waals surface area contributed by atoms with Gasteiger partial charge in [0.2, 0.25) is 0 Å². The summed E-state index contributed by atoms with van der Waals surface area (Å²) in [6, 6.07) is 10.3. The molecule has 3 rings (SSSR count). The van der Waals surface area contributed by atoms with Crippen LogP contribution in [0.2, 0.25) is 0 Å². The molecule has 1 N–H and O–H groups in total. The van der Waals surface area contributed by atoms with Gasteiger partial charge in [-0.1, -0.05) is 38.6 Å². The number of benzene rings is 2. The van der Waals surface area contributed by atoms with E-state index in [0.29, 0.717) is 23.8 Å².